The Kier molecular flexibility index (Phi) is 3.82. The SMILES string of the molecule is Cc1cc(Oc2ccnc3cccnc23)c(-c2ccccn2)nc1C. The van der Waals surface area contributed by atoms with Gasteiger partial charge in [-0.3, -0.25) is 15.0 Å². The molecule has 4 heterocycles. The second-order valence-corrected chi connectivity index (χ2v) is 5.73. The van der Waals surface area contributed by atoms with Gasteiger partial charge in [0.2, 0.25) is 0 Å². The van der Waals surface area contributed by atoms with E-state index in [0.717, 1.165) is 28.0 Å². The zero-order chi connectivity index (χ0) is 17.2. The molecule has 0 aliphatic rings. The number of ether oxygens (including phenoxy) is 1. The smallest absolute Gasteiger partial charge is 0.156 e. The van der Waals surface area contributed by atoms with Crippen LogP contribution in [-0.4, -0.2) is 19.9 Å². The molecule has 4 rings (SSSR count). The van der Waals surface area contributed by atoms with Crippen molar-refractivity contribution in [2.24, 2.45) is 0 Å². The van der Waals surface area contributed by atoms with Crippen molar-refractivity contribution in [3.05, 3.63) is 72.3 Å². The highest BCUT2D eigenvalue weighted by Crippen LogP contribution is 2.34. The average Bonchev–Trinajstić information content (AvgIpc) is 2.65. The first-order valence-electron chi connectivity index (χ1n) is 7.99. The van der Waals surface area contributed by atoms with Crippen LogP contribution in [0.4, 0.5) is 0 Å². The first-order chi connectivity index (χ1) is 12.2. The van der Waals surface area contributed by atoms with Crippen LogP contribution < -0.4 is 4.74 Å². The molecule has 0 aliphatic carbocycles. The van der Waals surface area contributed by atoms with Gasteiger partial charge in [-0.2, -0.15) is 0 Å². The topological polar surface area (TPSA) is 60.8 Å². The van der Waals surface area contributed by atoms with Gasteiger partial charge >= 0.3 is 0 Å². The molecule has 122 valence electrons. The van der Waals surface area contributed by atoms with E-state index in [9.17, 15) is 0 Å². The number of aryl methyl sites for hydroxylation is 2. The van der Waals surface area contributed by atoms with Gasteiger partial charge in [-0.05, 0) is 49.7 Å². The number of aromatic nitrogens is 4. The molecule has 0 aromatic carbocycles. The van der Waals surface area contributed by atoms with E-state index in [-0.39, 0.29) is 0 Å². The fourth-order valence-electron chi connectivity index (χ4n) is 2.60. The normalized spacial score (nSPS) is 10.8. The largest absolute Gasteiger partial charge is 0.453 e. The molecular formula is C20H16N4O. The molecule has 0 aliphatic heterocycles. The van der Waals surface area contributed by atoms with Crippen molar-refractivity contribution in [2.75, 3.05) is 0 Å². The standard InChI is InChI=1S/C20H16N4O/c1-13-12-18(20(24-14(13)2)16-6-3-4-9-21-16)25-17-8-11-22-15-7-5-10-23-19(15)17/h3-12H,1-2H3. The Labute approximate surface area is 145 Å². The number of hydrogen-bond donors (Lipinski definition) is 0. The summed E-state index contributed by atoms with van der Waals surface area (Å²) in [7, 11) is 0. The van der Waals surface area contributed by atoms with Gasteiger partial charge in [0, 0.05) is 30.4 Å². The highest BCUT2D eigenvalue weighted by molar-refractivity contribution is 5.81. The molecule has 5 heteroatoms. The van der Waals surface area contributed by atoms with Gasteiger partial charge in [0.15, 0.2) is 11.5 Å². The van der Waals surface area contributed by atoms with Gasteiger partial charge < -0.3 is 4.74 Å². The van der Waals surface area contributed by atoms with Crippen molar-refractivity contribution >= 4 is 11.0 Å². The second-order valence-electron chi connectivity index (χ2n) is 5.73. The van der Waals surface area contributed by atoms with Crippen LogP contribution in [0.25, 0.3) is 22.4 Å². The summed E-state index contributed by atoms with van der Waals surface area (Å²) in [6, 6.07) is 13.3. The van der Waals surface area contributed by atoms with Crippen LogP contribution in [0.1, 0.15) is 11.3 Å². The highest BCUT2D eigenvalue weighted by Gasteiger charge is 2.14. The van der Waals surface area contributed by atoms with E-state index in [2.05, 4.69) is 15.0 Å². The van der Waals surface area contributed by atoms with Crippen LogP contribution in [0, 0.1) is 13.8 Å². The molecule has 0 amide bonds. The van der Waals surface area contributed by atoms with E-state index in [1.165, 1.54) is 0 Å². The molecule has 0 atom stereocenters. The third-order valence-corrected chi connectivity index (χ3v) is 4.02. The van der Waals surface area contributed by atoms with Crippen LogP contribution in [0.2, 0.25) is 0 Å². The Bertz CT molecular complexity index is 1040. The third kappa shape index (κ3) is 2.92. The zero-order valence-electron chi connectivity index (χ0n) is 14.0. The number of nitrogens with zero attached hydrogens (tertiary/aromatic N) is 4. The van der Waals surface area contributed by atoms with Crippen molar-refractivity contribution in [3.63, 3.8) is 0 Å². The molecule has 25 heavy (non-hydrogen) atoms. The van der Waals surface area contributed by atoms with Gasteiger partial charge in [-0.15, -0.1) is 0 Å². The Morgan fingerprint density at radius 1 is 0.800 bits per heavy atom. The molecule has 4 aromatic rings. The first kappa shape index (κ1) is 15.2. The van der Waals surface area contributed by atoms with Crippen LogP contribution in [0.15, 0.2) is 61.1 Å². The molecule has 0 N–H and O–H groups in total. The van der Waals surface area contributed by atoms with Gasteiger partial charge in [0.25, 0.3) is 0 Å². The minimum absolute atomic E-state index is 0.646. The molecule has 0 saturated carbocycles. The monoisotopic (exact) mass is 328 g/mol. The van der Waals surface area contributed by atoms with E-state index in [1.54, 1.807) is 18.6 Å². The molecule has 0 unspecified atom stereocenters. The lowest BCUT2D eigenvalue weighted by molar-refractivity contribution is 0.485. The molecule has 0 saturated heterocycles. The van der Waals surface area contributed by atoms with Crippen molar-refractivity contribution in [1.29, 1.82) is 0 Å². The quantitative estimate of drug-likeness (QED) is 0.554. The molecule has 5 nitrogen and oxygen atoms in total. The number of rotatable bonds is 3. The van der Waals surface area contributed by atoms with Crippen LogP contribution in [0.3, 0.4) is 0 Å². The first-order valence-corrected chi connectivity index (χ1v) is 7.99. The lowest BCUT2D eigenvalue weighted by atomic mass is 10.1. The summed E-state index contributed by atoms with van der Waals surface area (Å²) in [5.41, 5.74) is 5.00. The summed E-state index contributed by atoms with van der Waals surface area (Å²) in [6.45, 7) is 4.00. The maximum absolute atomic E-state index is 6.21. The van der Waals surface area contributed by atoms with Gasteiger partial charge in [0.05, 0.1) is 11.2 Å². The minimum Gasteiger partial charge on any atom is -0.453 e. The molecular weight excluding hydrogens is 312 g/mol. The summed E-state index contributed by atoms with van der Waals surface area (Å²) in [5.74, 6) is 1.30. The van der Waals surface area contributed by atoms with E-state index in [1.807, 2.05) is 56.3 Å². The maximum atomic E-state index is 6.21. The van der Waals surface area contributed by atoms with Crippen LogP contribution in [0.5, 0.6) is 11.5 Å². The summed E-state index contributed by atoms with van der Waals surface area (Å²) in [5, 5.41) is 0. The molecule has 0 fully saturated rings. The van der Waals surface area contributed by atoms with Crippen molar-refractivity contribution < 1.29 is 4.74 Å². The maximum Gasteiger partial charge on any atom is 0.156 e. The Balaban J connectivity index is 1.86. The fraction of sp³-hybridized carbons (Fsp3) is 0.100. The van der Waals surface area contributed by atoms with E-state index < -0.39 is 0 Å². The summed E-state index contributed by atoms with van der Waals surface area (Å²) in [4.78, 5) is 17.8. The third-order valence-electron chi connectivity index (χ3n) is 4.02. The lowest BCUT2D eigenvalue weighted by Gasteiger charge is -2.13. The molecule has 0 spiro atoms. The molecule has 4 aromatic heterocycles. The zero-order valence-corrected chi connectivity index (χ0v) is 14.0. The van der Waals surface area contributed by atoms with E-state index in [0.29, 0.717) is 17.2 Å². The van der Waals surface area contributed by atoms with E-state index in [4.69, 9.17) is 9.72 Å². The Hall–Kier alpha value is -3.34. The van der Waals surface area contributed by atoms with Gasteiger partial charge in [-0.25, -0.2) is 4.98 Å². The minimum atomic E-state index is 0.646. The van der Waals surface area contributed by atoms with Crippen molar-refractivity contribution in [3.8, 4) is 22.9 Å². The summed E-state index contributed by atoms with van der Waals surface area (Å²) < 4.78 is 6.21. The summed E-state index contributed by atoms with van der Waals surface area (Å²) >= 11 is 0. The number of hydrogen-bond acceptors (Lipinski definition) is 5. The predicted molar refractivity (Wildman–Crippen MR) is 96.6 cm³/mol. The fourth-order valence-corrected chi connectivity index (χ4v) is 2.60. The number of fused-ring (bicyclic) bond motifs is 1. The lowest BCUT2D eigenvalue weighted by Crippen LogP contribution is -1.98. The summed E-state index contributed by atoms with van der Waals surface area (Å²) in [6.07, 6.45) is 5.20. The highest BCUT2D eigenvalue weighted by atomic mass is 16.5. The Morgan fingerprint density at radius 2 is 1.68 bits per heavy atom. The number of pyridine rings is 4. The second kappa shape index (κ2) is 6.28. The van der Waals surface area contributed by atoms with Crippen LogP contribution >= 0.6 is 0 Å². The van der Waals surface area contributed by atoms with Gasteiger partial charge in [0.1, 0.15) is 11.2 Å². The van der Waals surface area contributed by atoms with Gasteiger partial charge in [-0.1, -0.05) is 6.07 Å². The van der Waals surface area contributed by atoms with E-state index >= 15 is 0 Å². The van der Waals surface area contributed by atoms with Crippen molar-refractivity contribution in [1.82, 2.24) is 19.9 Å². The molecule has 0 bridgehead atoms. The predicted octanol–water partition coefficient (Wildman–Crippen LogP) is 4.50. The average molecular weight is 328 g/mol. The van der Waals surface area contributed by atoms with Crippen LogP contribution in [-0.2, 0) is 0 Å². The molecule has 0 radical (unpaired) electrons. The Morgan fingerprint density at radius 3 is 2.52 bits per heavy atom. The van der Waals surface area contributed by atoms with Crippen molar-refractivity contribution in [2.45, 2.75) is 13.8 Å².